The number of aromatic amines is 1. The monoisotopic (exact) mass is 317 g/mol. The quantitative estimate of drug-likeness (QED) is 0.814. The van der Waals surface area contributed by atoms with Crippen molar-refractivity contribution in [2.45, 2.75) is 26.6 Å². The van der Waals surface area contributed by atoms with Crippen LogP contribution < -0.4 is 0 Å². The van der Waals surface area contributed by atoms with Crippen molar-refractivity contribution in [2.75, 3.05) is 20.2 Å². The van der Waals surface area contributed by atoms with Crippen LogP contribution in [0.15, 0.2) is 30.3 Å². The molecule has 2 rings (SSSR count). The molecule has 6 heteroatoms. The van der Waals surface area contributed by atoms with E-state index < -0.39 is 6.10 Å². The van der Waals surface area contributed by atoms with Gasteiger partial charge in [0.1, 0.15) is 0 Å². The Labute approximate surface area is 136 Å². The summed E-state index contributed by atoms with van der Waals surface area (Å²) in [5, 5.41) is 16.9. The first-order valence-electron chi connectivity index (χ1n) is 7.55. The lowest BCUT2D eigenvalue weighted by molar-refractivity contribution is 0.0136. The molecule has 2 aromatic rings. The number of rotatable bonds is 7. The molecule has 0 saturated carbocycles. The Bertz CT molecular complexity index is 620. The zero-order valence-corrected chi connectivity index (χ0v) is 13.7. The Morgan fingerprint density at radius 2 is 2.04 bits per heavy atom. The van der Waals surface area contributed by atoms with E-state index in [1.807, 2.05) is 30.3 Å². The maximum absolute atomic E-state index is 12.4. The lowest BCUT2D eigenvalue weighted by atomic mass is 10.1. The van der Waals surface area contributed by atoms with E-state index in [-0.39, 0.29) is 19.1 Å². The van der Waals surface area contributed by atoms with Crippen molar-refractivity contribution in [3.05, 3.63) is 52.8 Å². The number of benzene rings is 1. The van der Waals surface area contributed by atoms with Gasteiger partial charge in [-0.05, 0) is 19.4 Å². The third-order valence-electron chi connectivity index (χ3n) is 3.60. The molecule has 1 amide bonds. The van der Waals surface area contributed by atoms with Gasteiger partial charge in [-0.1, -0.05) is 30.3 Å². The highest BCUT2D eigenvalue weighted by Crippen LogP contribution is 2.12. The Morgan fingerprint density at radius 1 is 1.35 bits per heavy atom. The molecule has 0 spiro atoms. The molecule has 0 bridgehead atoms. The molecule has 23 heavy (non-hydrogen) atoms. The molecule has 0 radical (unpaired) electrons. The predicted octanol–water partition coefficient (Wildman–Crippen LogP) is 1.68. The summed E-state index contributed by atoms with van der Waals surface area (Å²) in [6.07, 6.45) is -0.736. The number of aliphatic hydroxyl groups is 1. The topological polar surface area (TPSA) is 78.5 Å². The maximum Gasteiger partial charge on any atom is 0.257 e. The van der Waals surface area contributed by atoms with Gasteiger partial charge in [-0.15, -0.1) is 0 Å². The van der Waals surface area contributed by atoms with Crippen molar-refractivity contribution < 1.29 is 14.6 Å². The van der Waals surface area contributed by atoms with E-state index in [1.54, 1.807) is 20.9 Å². The zero-order chi connectivity index (χ0) is 16.8. The summed E-state index contributed by atoms with van der Waals surface area (Å²) in [6.45, 7) is 4.41. The van der Waals surface area contributed by atoms with Gasteiger partial charge >= 0.3 is 0 Å². The first kappa shape index (κ1) is 17.2. The van der Waals surface area contributed by atoms with E-state index in [9.17, 15) is 9.90 Å². The van der Waals surface area contributed by atoms with E-state index in [0.717, 1.165) is 11.3 Å². The standard InChI is InChI=1S/C17H23N3O3/c1-12-16(13(2)19-18-12)17(22)20(3)9-15(21)11-23-10-14-7-5-4-6-8-14/h4-8,15,21H,9-11H2,1-3H3,(H,18,19). The van der Waals surface area contributed by atoms with Gasteiger partial charge in [0.05, 0.1) is 30.6 Å². The molecular weight excluding hydrogens is 294 g/mol. The molecule has 2 N–H and O–H groups in total. The van der Waals surface area contributed by atoms with Crippen molar-refractivity contribution in [3.63, 3.8) is 0 Å². The summed E-state index contributed by atoms with van der Waals surface area (Å²) in [6, 6.07) is 9.76. The molecule has 0 aliphatic carbocycles. The summed E-state index contributed by atoms with van der Waals surface area (Å²) < 4.78 is 5.49. The average molecular weight is 317 g/mol. The zero-order valence-electron chi connectivity index (χ0n) is 13.7. The number of ether oxygens (including phenoxy) is 1. The second kappa shape index (κ2) is 7.89. The van der Waals surface area contributed by atoms with Crippen LogP contribution >= 0.6 is 0 Å². The van der Waals surface area contributed by atoms with Gasteiger partial charge in [-0.2, -0.15) is 5.10 Å². The lowest BCUT2D eigenvalue weighted by Gasteiger charge is -2.21. The average Bonchev–Trinajstić information content (AvgIpc) is 2.86. The van der Waals surface area contributed by atoms with Gasteiger partial charge in [0.2, 0.25) is 0 Å². The van der Waals surface area contributed by atoms with E-state index in [4.69, 9.17) is 4.74 Å². The molecule has 1 unspecified atom stereocenters. The lowest BCUT2D eigenvalue weighted by Crippen LogP contribution is -2.36. The van der Waals surface area contributed by atoms with Crippen molar-refractivity contribution >= 4 is 5.91 Å². The number of hydrogen-bond donors (Lipinski definition) is 2. The van der Waals surface area contributed by atoms with Crippen molar-refractivity contribution in [1.29, 1.82) is 0 Å². The predicted molar refractivity (Wildman–Crippen MR) is 87.1 cm³/mol. The molecule has 0 saturated heterocycles. The Kier molecular flexibility index (Phi) is 5.90. The number of nitrogens with zero attached hydrogens (tertiary/aromatic N) is 2. The van der Waals surface area contributed by atoms with Crippen LogP contribution in [0.5, 0.6) is 0 Å². The fourth-order valence-corrected chi connectivity index (χ4v) is 2.40. The van der Waals surface area contributed by atoms with E-state index in [0.29, 0.717) is 17.9 Å². The maximum atomic E-state index is 12.4. The number of carbonyl (C=O) groups is 1. The first-order valence-corrected chi connectivity index (χ1v) is 7.55. The number of carbonyl (C=O) groups excluding carboxylic acids is 1. The summed E-state index contributed by atoms with van der Waals surface area (Å²) in [5.41, 5.74) is 3.00. The number of likely N-dealkylation sites (N-methyl/N-ethyl adjacent to an activating group) is 1. The van der Waals surface area contributed by atoms with E-state index in [2.05, 4.69) is 10.2 Å². The second-order valence-corrected chi connectivity index (χ2v) is 5.65. The summed E-state index contributed by atoms with van der Waals surface area (Å²) >= 11 is 0. The molecular formula is C17H23N3O3. The van der Waals surface area contributed by atoms with Crippen LogP contribution in [0.3, 0.4) is 0 Å². The second-order valence-electron chi connectivity index (χ2n) is 5.65. The minimum absolute atomic E-state index is 0.157. The van der Waals surface area contributed by atoms with Gasteiger partial charge in [0, 0.05) is 19.3 Å². The minimum Gasteiger partial charge on any atom is -0.389 e. The smallest absolute Gasteiger partial charge is 0.257 e. The summed E-state index contributed by atoms with van der Waals surface area (Å²) in [7, 11) is 1.66. The number of H-pyrrole nitrogens is 1. The number of aliphatic hydroxyl groups excluding tert-OH is 1. The third kappa shape index (κ3) is 4.64. The van der Waals surface area contributed by atoms with Crippen molar-refractivity contribution in [3.8, 4) is 0 Å². The molecule has 6 nitrogen and oxygen atoms in total. The van der Waals surface area contributed by atoms with Crippen LogP contribution in [0.1, 0.15) is 27.3 Å². The van der Waals surface area contributed by atoms with Gasteiger partial charge in [0.25, 0.3) is 5.91 Å². The molecule has 1 atom stereocenters. The van der Waals surface area contributed by atoms with Gasteiger partial charge in [-0.3, -0.25) is 9.89 Å². The SMILES string of the molecule is Cc1n[nH]c(C)c1C(=O)N(C)CC(O)COCc1ccccc1. The van der Waals surface area contributed by atoms with Crippen molar-refractivity contribution in [2.24, 2.45) is 0 Å². The van der Waals surface area contributed by atoms with Crippen LogP contribution in [0.4, 0.5) is 0 Å². The number of aromatic nitrogens is 2. The highest BCUT2D eigenvalue weighted by molar-refractivity contribution is 5.96. The molecule has 1 aromatic carbocycles. The largest absolute Gasteiger partial charge is 0.389 e. The van der Waals surface area contributed by atoms with Crippen LogP contribution in [-0.4, -0.2) is 52.4 Å². The number of hydrogen-bond acceptors (Lipinski definition) is 4. The van der Waals surface area contributed by atoms with E-state index >= 15 is 0 Å². The molecule has 1 heterocycles. The molecule has 0 fully saturated rings. The summed E-state index contributed by atoms with van der Waals surface area (Å²) in [5.74, 6) is -0.157. The normalized spacial score (nSPS) is 12.2. The molecule has 1 aromatic heterocycles. The molecule has 0 aliphatic heterocycles. The first-order chi connectivity index (χ1) is 11.0. The Balaban J connectivity index is 1.80. The fraction of sp³-hybridized carbons (Fsp3) is 0.412. The van der Waals surface area contributed by atoms with Crippen LogP contribution in [0, 0.1) is 13.8 Å². The minimum atomic E-state index is -0.736. The Hall–Kier alpha value is -2.18. The third-order valence-corrected chi connectivity index (χ3v) is 3.60. The Morgan fingerprint density at radius 3 is 2.65 bits per heavy atom. The number of aryl methyl sites for hydroxylation is 2. The molecule has 0 aliphatic rings. The number of amides is 1. The van der Waals surface area contributed by atoms with E-state index in [1.165, 1.54) is 4.90 Å². The number of nitrogens with one attached hydrogen (secondary N) is 1. The van der Waals surface area contributed by atoms with Crippen molar-refractivity contribution in [1.82, 2.24) is 15.1 Å². The van der Waals surface area contributed by atoms with Crippen LogP contribution in [0.2, 0.25) is 0 Å². The fourth-order valence-electron chi connectivity index (χ4n) is 2.40. The highest BCUT2D eigenvalue weighted by Gasteiger charge is 2.21. The molecule has 124 valence electrons. The summed E-state index contributed by atoms with van der Waals surface area (Å²) in [4.78, 5) is 13.9. The van der Waals surface area contributed by atoms with Gasteiger partial charge in [0.15, 0.2) is 0 Å². The van der Waals surface area contributed by atoms with Gasteiger partial charge < -0.3 is 14.7 Å². The van der Waals surface area contributed by atoms with Crippen LogP contribution in [0.25, 0.3) is 0 Å². The van der Waals surface area contributed by atoms with Gasteiger partial charge in [-0.25, -0.2) is 0 Å². The highest BCUT2D eigenvalue weighted by atomic mass is 16.5. The van der Waals surface area contributed by atoms with Crippen LogP contribution in [-0.2, 0) is 11.3 Å².